The molecule has 2 bridgehead atoms. The average Bonchev–Trinajstić information content (AvgIpc) is 3.31. The van der Waals surface area contributed by atoms with Gasteiger partial charge in [0.05, 0.1) is 37.6 Å². The van der Waals surface area contributed by atoms with Crippen LogP contribution < -0.4 is 4.90 Å². The van der Waals surface area contributed by atoms with Crippen LogP contribution in [0.1, 0.15) is 12.8 Å². The fourth-order valence-corrected chi connectivity index (χ4v) is 6.70. The number of hydrogen-bond acceptors (Lipinski definition) is 2. The summed E-state index contributed by atoms with van der Waals surface area (Å²) in [4.78, 5) is 1.99. The second kappa shape index (κ2) is 6.73. The molecule has 0 radical (unpaired) electrons. The molecule has 1 N–H and O–H groups in total. The van der Waals surface area contributed by atoms with E-state index >= 15 is 0 Å². The zero-order valence-electron chi connectivity index (χ0n) is 15.5. The van der Waals surface area contributed by atoms with Crippen molar-refractivity contribution in [3.63, 3.8) is 0 Å². The maximum absolute atomic E-state index is 13.1. The highest BCUT2D eigenvalue weighted by Crippen LogP contribution is 2.42. The molecule has 0 amide bonds. The minimum Gasteiger partial charge on any atom is -0.332 e. The maximum atomic E-state index is 13.1. The molecule has 2 aromatic rings. The third kappa shape index (κ3) is 3.22. The van der Waals surface area contributed by atoms with Crippen LogP contribution in [0.2, 0.25) is 0 Å². The van der Waals surface area contributed by atoms with E-state index in [1.807, 2.05) is 36.4 Å². The van der Waals surface area contributed by atoms with E-state index < -0.39 is 10.0 Å². The Kier molecular flexibility index (Phi) is 4.34. The standard InChI is InChI=1S/C22H26N2O2S/c25-27(26,22-8-7-18-3-1-2-4-19(18)15-22)24-11-9-23(10-12-24)16-21-14-17-5-6-20(21)13-17/h1-8,15,17,20-21H,9-14,16H2/p+1/t17-,20-,21-/m0/s1. The number of fused-ring (bicyclic) bond motifs is 3. The van der Waals surface area contributed by atoms with Crippen molar-refractivity contribution in [3.8, 4) is 0 Å². The molecule has 0 spiro atoms. The molecule has 4 nitrogen and oxygen atoms in total. The van der Waals surface area contributed by atoms with Crippen LogP contribution in [0.3, 0.4) is 0 Å². The molecule has 1 saturated carbocycles. The van der Waals surface area contributed by atoms with Crippen LogP contribution in [0.5, 0.6) is 0 Å². The van der Waals surface area contributed by atoms with Crippen molar-refractivity contribution >= 4 is 20.8 Å². The van der Waals surface area contributed by atoms with Gasteiger partial charge in [-0.25, -0.2) is 8.42 Å². The summed E-state index contributed by atoms with van der Waals surface area (Å²) in [5, 5.41) is 2.05. The van der Waals surface area contributed by atoms with E-state index in [-0.39, 0.29) is 0 Å². The molecule has 3 aliphatic rings. The van der Waals surface area contributed by atoms with Crippen molar-refractivity contribution in [2.75, 3.05) is 32.7 Å². The Balaban J connectivity index is 1.25. The molecule has 2 aliphatic carbocycles. The highest BCUT2D eigenvalue weighted by molar-refractivity contribution is 7.89. The van der Waals surface area contributed by atoms with E-state index in [0.29, 0.717) is 18.0 Å². The Morgan fingerprint density at radius 3 is 2.44 bits per heavy atom. The summed E-state index contributed by atoms with van der Waals surface area (Å²) in [7, 11) is -3.40. The van der Waals surface area contributed by atoms with E-state index in [0.717, 1.165) is 41.6 Å². The van der Waals surface area contributed by atoms with E-state index in [9.17, 15) is 8.42 Å². The molecular weight excluding hydrogens is 356 g/mol. The molecule has 1 heterocycles. The average molecular weight is 384 g/mol. The summed E-state index contributed by atoms with van der Waals surface area (Å²) < 4.78 is 27.9. The predicted molar refractivity (Wildman–Crippen MR) is 107 cm³/mol. The van der Waals surface area contributed by atoms with Crippen molar-refractivity contribution < 1.29 is 13.3 Å². The quantitative estimate of drug-likeness (QED) is 0.820. The van der Waals surface area contributed by atoms with E-state index in [1.54, 1.807) is 15.3 Å². The van der Waals surface area contributed by atoms with Gasteiger partial charge in [-0.2, -0.15) is 4.31 Å². The molecule has 142 valence electrons. The van der Waals surface area contributed by atoms with E-state index in [1.165, 1.54) is 19.4 Å². The second-order valence-electron chi connectivity index (χ2n) is 8.41. The molecule has 3 atom stereocenters. The van der Waals surface area contributed by atoms with Gasteiger partial charge in [-0.15, -0.1) is 0 Å². The number of nitrogens with zero attached hydrogens (tertiary/aromatic N) is 1. The van der Waals surface area contributed by atoms with Gasteiger partial charge in [-0.3, -0.25) is 0 Å². The van der Waals surface area contributed by atoms with Crippen LogP contribution in [0, 0.1) is 17.8 Å². The van der Waals surface area contributed by atoms with Crippen molar-refractivity contribution in [3.05, 3.63) is 54.6 Å². The molecule has 0 unspecified atom stereocenters. The van der Waals surface area contributed by atoms with Crippen LogP contribution in [-0.2, 0) is 10.0 Å². The van der Waals surface area contributed by atoms with E-state index in [4.69, 9.17) is 0 Å². The summed E-state index contributed by atoms with van der Waals surface area (Å²) in [6.07, 6.45) is 7.49. The Bertz CT molecular complexity index is 977. The first-order valence-electron chi connectivity index (χ1n) is 10.1. The van der Waals surface area contributed by atoms with Gasteiger partial charge in [-0.1, -0.05) is 42.5 Å². The first kappa shape index (κ1) is 17.4. The summed E-state index contributed by atoms with van der Waals surface area (Å²) >= 11 is 0. The number of sulfonamides is 1. The lowest BCUT2D eigenvalue weighted by atomic mass is 9.93. The highest BCUT2D eigenvalue weighted by atomic mass is 32.2. The van der Waals surface area contributed by atoms with Gasteiger partial charge in [-0.05, 0) is 47.6 Å². The van der Waals surface area contributed by atoms with E-state index in [2.05, 4.69) is 12.2 Å². The zero-order valence-corrected chi connectivity index (χ0v) is 16.4. The van der Waals surface area contributed by atoms with Gasteiger partial charge in [0.15, 0.2) is 0 Å². The van der Waals surface area contributed by atoms with Gasteiger partial charge in [0.2, 0.25) is 10.0 Å². The Hall–Kier alpha value is -1.69. The van der Waals surface area contributed by atoms with Gasteiger partial charge in [0.25, 0.3) is 0 Å². The Morgan fingerprint density at radius 2 is 1.74 bits per heavy atom. The number of hydrogen-bond donors (Lipinski definition) is 1. The summed E-state index contributed by atoms with van der Waals surface area (Å²) in [5.41, 5.74) is 0. The molecule has 5 heteroatoms. The lowest BCUT2D eigenvalue weighted by molar-refractivity contribution is -0.907. The maximum Gasteiger partial charge on any atom is 0.243 e. The topological polar surface area (TPSA) is 41.8 Å². The largest absolute Gasteiger partial charge is 0.332 e. The van der Waals surface area contributed by atoms with Crippen LogP contribution in [0.25, 0.3) is 10.8 Å². The SMILES string of the molecule is O=S(=O)(c1ccc2ccccc2c1)N1CC[NH+](C[C@@H]2C[C@H]3C=C[C@H]2C3)CC1. The third-order valence-electron chi connectivity index (χ3n) is 6.76. The summed E-state index contributed by atoms with van der Waals surface area (Å²) in [5.74, 6) is 2.40. The number of piperazine rings is 1. The van der Waals surface area contributed by atoms with Gasteiger partial charge in [0.1, 0.15) is 0 Å². The molecule has 2 aromatic carbocycles. The molecule has 0 aromatic heterocycles. The number of benzene rings is 2. The smallest absolute Gasteiger partial charge is 0.243 e. The van der Waals surface area contributed by atoms with Crippen molar-refractivity contribution in [2.45, 2.75) is 17.7 Å². The van der Waals surface area contributed by atoms with Gasteiger partial charge >= 0.3 is 0 Å². The van der Waals surface area contributed by atoms with Crippen LogP contribution in [-0.4, -0.2) is 45.4 Å². The van der Waals surface area contributed by atoms with Crippen molar-refractivity contribution in [1.29, 1.82) is 0 Å². The van der Waals surface area contributed by atoms with Crippen LogP contribution >= 0.6 is 0 Å². The molecule has 1 aliphatic heterocycles. The van der Waals surface area contributed by atoms with Crippen LogP contribution in [0.4, 0.5) is 0 Å². The second-order valence-corrected chi connectivity index (χ2v) is 10.3. The molecule has 5 rings (SSSR count). The van der Waals surface area contributed by atoms with Crippen LogP contribution in [0.15, 0.2) is 59.5 Å². The zero-order chi connectivity index (χ0) is 18.4. The minimum atomic E-state index is -3.40. The molecular formula is C22H27N2O2S+. The summed E-state index contributed by atoms with van der Waals surface area (Å²) in [6.45, 7) is 4.30. The monoisotopic (exact) mass is 383 g/mol. The highest BCUT2D eigenvalue weighted by Gasteiger charge is 2.39. The van der Waals surface area contributed by atoms with Crippen molar-refractivity contribution in [1.82, 2.24) is 4.31 Å². The normalized spacial score (nSPS) is 29.0. The first-order chi connectivity index (χ1) is 13.1. The molecule has 27 heavy (non-hydrogen) atoms. The van der Waals surface area contributed by atoms with Gasteiger partial charge in [0, 0.05) is 5.92 Å². The number of nitrogens with one attached hydrogen (secondary N) is 1. The molecule has 2 fully saturated rings. The minimum absolute atomic E-state index is 0.419. The summed E-state index contributed by atoms with van der Waals surface area (Å²) in [6, 6.07) is 13.4. The Labute approximate surface area is 161 Å². The van der Waals surface area contributed by atoms with Gasteiger partial charge < -0.3 is 4.90 Å². The first-order valence-corrected chi connectivity index (χ1v) is 11.5. The Morgan fingerprint density at radius 1 is 0.963 bits per heavy atom. The number of rotatable bonds is 4. The fraction of sp³-hybridized carbons (Fsp3) is 0.455. The lowest BCUT2D eigenvalue weighted by Gasteiger charge is -2.33. The third-order valence-corrected chi connectivity index (χ3v) is 8.65. The van der Waals surface area contributed by atoms with Crippen molar-refractivity contribution in [2.24, 2.45) is 17.8 Å². The molecule has 1 saturated heterocycles. The predicted octanol–water partition coefficient (Wildman–Crippen LogP) is 1.94. The number of quaternary nitrogens is 1. The lowest BCUT2D eigenvalue weighted by Crippen LogP contribution is -3.15. The number of allylic oxidation sites excluding steroid dienone is 2. The fourth-order valence-electron chi connectivity index (χ4n) is 5.22.